The predicted octanol–water partition coefficient (Wildman–Crippen LogP) is 4.99. The van der Waals surface area contributed by atoms with Gasteiger partial charge in [0.1, 0.15) is 0 Å². The van der Waals surface area contributed by atoms with Gasteiger partial charge in [0.25, 0.3) is 0 Å². The van der Waals surface area contributed by atoms with Crippen LogP contribution in [0, 0.1) is 0 Å². The number of benzene rings is 2. The Kier molecular flexibility index (Phi) is 16.3. The summed E-state index contributed by atoms with van der Waals surface area (Å²) in [6.07, 6.45) is -5.16. The first-order chi connectivity index (χ1) is 23.5. The molecular formula is C34H41ClF6N5NaO4S. The molecule has 0 bridgehead atoms. The van der Waals surface area contributed by atoms with Gasteiger partial charge in [0, 0.05) is 38.7 Å². The van der Waals surface area contributed by atoms with Gasteiger partial charge in [-0.15, -0.1) is 0 Å². The quantitative estimate of drug-likeness (QED) is 0.154. The smallest absolute Gasteiger partial charge is 0.528 e. The minimum absolute atomic E-state index is 0. The van der Waals surface area contributed by atoms with Crippen LogP contribution in [0.25, 0.3) is 4.72 Å². The van der Waals surface area contributed by atoms with Crippen LogP contribution in [0.15, 0.2) is 48.8 Å². The van der Waals surface area contributed by atoms with E-state index >= 15 is 0 Å². The van der Waals surface area contributed by atoms with Crippen LogP contribution in [-0.2, 0) is 52.0 Å². The molecule has 0 aliphatic carbocycles. The first-order valence-electron chi connectivity index (χ1n) is 16.0. The fourth-order valence-electron chi connectivity index (χ4n) is 5.45. The summed E-state index contributed by atoms with van der Waals surface area (Å²) < 4.78 is 110. The van der Waals surface area contributed by atoms with Crippen LogP contribution in [0.5, 0.6) is 0 Å². The number of hydrogen-bond donors (Lipinski definition) is 0. The first-order valence-corrected chi connectivity index (χ1v) is 17.8. The SMILES string of the molecule is CC(C)c1cc(CC(=O)Cl)cc(C(F)(F)F)c1.CC(C)c1cc(CC(=O)[N-]S(=O)(=O)N(C[C@@H]2CCCN2C)c2cnn(C)c2)cc(C(F)(F)F)c1.[Na+]. The molecule has 282 valence electrons. The number of likely N-dealkylation sites (N-methyl/N-ethyl adjacent to an activating group) is 1. The van der Waals surface area contributed by atoms with Crippen LogP contribution in [0.3, 0.4) is 0 Å². The van der Waals surface area contributed by atoms with Gasteiger partial charge in [-0.05, 0) is 96.4 Å². The average Bonchev–Trinajstić information content (AvgIpc) is 3.61. The molecule has 1 fully saturated rings. The standard InChI is InChI=1S/C22H30F3N5O3S.C12H12ClF3O.Na/c1-15(2)17-8-16(9-18(11-17)22(23,24)25)10-21(31)27-34(32,33)30(20-12-26-29(4)13-20)14-19-6-5-7-28(19)3;1-7(2)9-3-8(5-11(13)17)4-10(6-9)12(14,15)16;/h8-9,11-13,15,19H,5-7,10,14H2,1-4H3,(H,27,31);3-4,6-7H,5H2,1-2H3;/q;;+1/p-1/t19-;;/m0../s1. The minimum atomic E-state index is -4.59. The van der Waals surface area contributed by atoms with Gasteiger partial charge in [-0.3, -0.25) is 13.8 Å². The van der Waals surface area contributed by atoms with Crippen molar-refractivity contribution in [1.29, 1.82) is 0 Å². The number of amides is 1. The number of rotatable bonds is 11. The van der Waals surface area contributed by atoms with Crippen molar-refractivity contribution in [2.24, 2.45) is 7.05 Å². The molecule has 1 aliphatic rings. The molecule has 52 heavy (non-hydrogen) atoms. The second-order valence-corrected chi connectivity index (χ2v) is 15.0. The van der Waals surface area contributed by atoms with E-state index in [0.717, 1.165) is 48.0 Å². The van der Waals surface area contributed by atoms with Gasteiger partial charge in [0.2, 0.25) is 5.24 Å². The van der Waals surface area contributed by atoms with E-state index in [1.165, 1.54) is 23.1 Å². The third-order valence-electron chi connectivity index (χ3n) is 8.24. The minimum Gasteiger partial charge on any atom is -0.528 e. The summed E-state index contributed by atoms with van der Waals surface area (Å²) in [5, 5.41) is 3.35. The Morgan fingerprint density at radius 3 is 1.79 bits per heavy atom. The Bertz CT molecular complexity index is 1800. The molecule has 1 aliphatic heterocycles. The van der Waals surface area contributed by atoms with E-state index in [1.54, 1.807) is 40.8 Å². The number of likely N-dealkylation sites (tertiary alicyclic amines) is 1. The fourth-order valence-corrected chi connectivity index (χ4v) is 6.75. The molecule has 0 radical (unpaired) electrons. The van der Waals surface area contributed by atoms with Crippen molar-refractivity contribution in [1.82, 2.24) is 14.7 Å². The Morgan fingerprint density at radius 2 is 1.40 bits per heavy atom. The molecule has 0 saturated carbocycles. The number of aryl methyl sites for hydroxylation is 1. The zero-order valence-electron chi connectivity index (χ0n) is 30.0. The van der Waals surface area contributed by atoms with Gasteiger partial charge < -0.3 is 14.4 Å². The zero-order chi connectivity index (χ0) is 38.5. The zero-order valence-corrected chi connectivity index (χ0v) is 33.6. The van der Waals surface area contributed by atoms with Gasteiger partial charge in [0.15, 0.2) is 10.2 Å². The molecule has 3 aromatic rings. The van der Waals surface area contributed by atoms with Crippen molar-refractivity contribution >= 4 is 38.6 Å². The Labute approximate surface area is 327 Å². The summed E-state index contributed by atoms with van der Waals surface area (Å²) in [5.41, 5.74) is -0.0494. The van der Waals surface area contributed by atoms with Crippen LogP contribution < -0.4 is 33.9 Å². The molecule has 1 atom stereocenters. The summed E-state index contributed by atoms with van der Waals surface area (Å²) in [6.45, 7) is 7.98. The molecule has 18 heteroatoms. The van der Waals surface area contributed by atoms with Crippen LogP contribution in [0.2, 0.25) is 0 Å². The van der Waals surface area contributed by atoms with E-state index in [-0.39, 0.29) is 71.7 Å². The molecule has 0 spiro atoms. The van der Waals surface area contributed by atoms with E-state index < -0.39 is 51.3 Å². The largest absolute Gasteiger partial charge is 1.00 e. The summed E-state index contributed by atoms with van der Waals surface area (Å²) in [7, 11) is -0.917. The molecule has 0 unspecified atom stereocenters. The van der Waals surface area contributed by atoms with E-state index in [1.807, 2.05) is 11.9 Å². The van der Waals surface area contributed by atoms with Gasteiger partial charge >= 0.3 is 41.9 Å². The number of anilines is 1. The van der Waals surface area contributed by atoms with Crippen molar-refractivity contribution in [3.63, 3.8) is 0 Å². The van der Waals surface area contributed by atoms with Gasteiger partial charge in [-0.1, -0.05) is 39.8 Å². The molecular weight excluding hydrogens is 747 g/mol. The topological polar surface area (TPSA) is 107 Å². The van der Waals surface area contributed by atoms with Crippen LogP contribution in [0.1, 0.15) is 85.8 Å². The van der Waals surface area contributed by atoms with Gasteiger partial charge in [-0.2, -0.15) is 31.4 Å². The first kappa shape index (κ1) is 45.5. The number of alkyl halides is 6. The molecule has 1 amide bonds. The van der Waals surface area contributed by atoms with Crippen molar-refractivity contribution < 1.29 is 73.9 Å². The second kappa shape index (κ2) is 18.6. The predicted molar refractivity (Wildman–Crippen MR) is 183 cm³/mol. The summed E-state index contributed by atoms with van der Waals surface area (Å²) in [5.74, 6) is -1.29. The molecule has 0 N–H and O–H groups in total. The van der Waals surface area contributed by atoms with E-state index in [9.17, 15) is 44.3 Å². The maximum Gasteiger partial charge on any atom is 1.00 e. The molecule has 1 aromatic heterocycles. The van der Waals surface area contributed by atoms with Crippen molar-refractivity contribution in [3.05, 3.63) is 86.9 Å². The Balaban J connectivity index is 0.000000439. The number of aromatic nitrogens is 2. The summed E-state index contributed by atoms with van der Waals surface area (Å²) >= 11 is 5.19. The van der Waals surface area contributed by atoms with Crippen LogP contribution in [0.4, 0.5) is 32.0 Å². The maximum atomic E-state index is 13.3. The third kappa shape index (κ3) is 13.3. The summed E-state index contributed by atoms with van der Waals surface area (Å²) in [4.78, 5) is 25.4. The molecule has 4 rings (SSSR count). The van der Waals surface area contributed by atoms with Crippen molar-refractivity contribution in [3.8, 4) is 0 Å². The van der Waals surface area contributed by atoms with Gasteiger partial charge in [0.05, 0.1) is 28.9 Å². The van der Waals surface area contributed by atoms with Crippen molar-refractivity contribution in [2.75, 3.05) is 24.4 Å². The fraction of sp³-hybridized carbons (Fsp3) is 0.500. The third-order valence-corrected chi connectivity index (χ3v) is 9.72. The second-order valence-electron chi connectivity index (χ2n) is 13.1. The Morgan fingerprint density at radius 1 is 0.904 bits per heavy atom. The number of nitrogens with zero attached hydrogens (tertiary/aromatic N) is 5. The Hall–Kier alpha value is -2.63. The van der Waals surface area contributed by atoms with Crippen molar-refractivity contribution in [2.45, 2.75) is 83.6 Å². The molecule has 9 nitrogen and oxygen atoms in total. The summed E-state index contributed by atoms with van der Waals surface area (Å²) in [6, 6.07) is 6.97. The number of carbonyl (C=O) groups is 2. The number of carbonyl (C=O) groups excluding carboxylic acids is 2. The van der Waals surface area contributed by atoms with Crippen LogP contribution >= 0.6 is 11.6 Å². The van der Waals surface area contributed by atoms with E-state index in [4.69, 9.17) is 11.6 Å². The number of halogens is 7. The van der Waals surface area contributed by atoms with Crippen LogP contribution in [-0.4, -0.2) is 60.4 Å². The van der Waals surface area contributed by atoms with E-state index in [2.05, 4.69) is 9.82 Å². The normalized spacial score (nSPS) is 15.2. The molecule has 2 heterocycles. The number of hydrogen-bond acceptors (Lipinski definition) is 6. The van der Waals surface area contributed by atoms with E-state index in [0.29, 0.717) is 16.7 Å². The monoisotopic (exact) mass is 787 g/mol. The molecule has 1 saturated heterocycles. The maximum absolute atomic E-state index is 13.3. The van der Waals surface area contributed by atoms with Gasteiger partial charge in [-0.25, -0.2) is 8.42 Å². The molecule has 2 aromatic carbocycles. The average molecular weight is 788 g/mol.